The number of hydrogen-bond acceptors (Lipinski definition) is 8. The lowest BCUT2D eigenvalue weighted by Crippen LogP contribution is -2.52. The number of nitrogens with zero attached hydrogens (tertiary/aromatic N) is 6. The summed E-state index contributed by atoms with van der Waals surface area (Å²) >= 11 is 0. The second kappa shape index (κ2) is 10.7. The van der Waals surface area contributed by atoms with Crippen molar-refractivity contribution in [1.29, 1.82) is 0 Å². The zero-order chi connectivity index (χ0) is 29.1. The van der Waals surface area contributed by atoms with Crippen LogP contribution in [0.2, 0.25) is 0 Å². The summed E-state index contributed by atoms with van der Waals surface area (Å²) in [5, 5.41) is 21.9. The maximum absolute atomic E-state index is 11.0. The largest absolute Gasteiger partial charge is 0.387 e. The van der Waals surface area contributed by atoms with Crippen molar-refractivity contribution < 1.29 is 14.9 Å². The van der Waals surface area contributed by atoms with Crippen molar-refractivity contribution in [2.45, 2.75) is 109 Å². The molecule has 2 fully saturated rings. The molecule has 10 heteroatoms. The minimum absolute atomic E-state index is 0.114. The Morgan fingerprint density at radius 2 is 1.90 bits per heavy atom. The minimum Gasteiger partial charge on any atom is -0.387 e. The number of aromatic nitrogens is 6. The smallest absolute Gasteiger partial charge is 0.165 e. The maximum atomic E-state index is 11.0. The molecule has 4 aromatic rings. The molecule has 1 aliphatic heterocycles. The van der Waals surface area contributed by atoms with Crippen LogP contribution in [0.3, 0.4) is 0 Å². The fourth-order valence-corrected chi connectivity index (χ4v) is 6.45. The molecule has 2 aliphatic rings. The first kappa shape index (κ1) is 28.2. The number of hydrogen-bond donors (Lipinski definition) is 3. The highest BCUT2D eigenvalue weighted by atomic mass is 16.6. The van der Waals surface area contributed by atoms with Gasteiger partial charge in [-0.2, -0.15) is 0 Å². The number of aryl methyl sites for hydroxylation is 2. The standard InChI is InChI=1S/C31H43N7O3/c1-17(2)37(14-24-27(39)28(40)30(41-24)38-16-34-26-18(3)32-15-33-29(26)38)21-11-19(12-21)7-10-25-35-22-9-8-20(31(4,5)6)13-23(22)36-25/h8-9,13,15-17,19,21,24,27-28,30,39-40H,7,10-12,14H2,1-6H3,(H,35,36)/t19?,21?,24-,27-,28-,30-/m1/s1. The lowest BCUT2D eigenvalue weighted by molar-refractivity contribution is -0.0620. The van der Waals surface area contributed by atoms with Crippen LogP contribution in [0.1, 0.15) is 77.2 Å². The molecule has 4 atom stereocenters. The Bertz CT molecular complexity index is 1520. The van der Waals surface area contributed by atoms with Gasteiger partial charge in [0.25, 0.3) is 0 Å². The fourth-order valence-electron chi connectivity index (χ4n) is 6.45. The number of aliphatic hydroxyl groups excluding tert-OH is 2. The average Bonchev–Trinajstić information content (AvgIpc) is 3.58. The van der Waals surface area contributed by atoms with Crippen molar-refractivity contribution >= 4 is 22.2 Å². The van der Waals surface area contributed by atoms with Gasteiger partial charge in [0, 0.05) is 25.0 Å². The number of aromatic amines is 1. The summed E-state index contributed by atoms with van der Waals surface area (Å²) < 4.78 is 7.98. The van der Waals surface area contributed by atoms with Crippen LogP contribution in [0.4, 0.5) is 0 Å². The van der Waals surface area contributed by atoms with Crippen molar-refractivity contribution in [3.05, 3.63) is 47.9 Å². The summed E-state index contributed by atoms with van der Waals surface area (Å²) in [6.45, 7) is 13.5. The molecule has 3 N–H and O–H groups in total. The number of rotatable bonds is 8. The second-order valence-electron chi connectivity index (χ2n) is 13.3. The number of nitrogens with one attached hydrogen (secondary N) is 1. The molecular formula is C31H43N7O3. The zero-order valence-electron chi connectivity index (χ0n) is 24.9. The van der Waals surface area contributed by atoms with Crippen LogP contribution in [0.5, 0.6) is 0 Å². The SMILES string of the molecule is Cc1ncnc2c1ncn2[C@@H]1O[C@H](CN(C(C)C)C2CC(CCc3nc4ccc(C(C)(C)C)cc4[nH]3)C2)[C@@H](O)[C@H]1O. The number of benzene rings is 1. The van der Waals surface area contributed by atoms with Crippen molar-refractivity contribution in [3.8, 4) is 0 Å². The monoisotopic (exact) mass is 561 g/mol. The molecular weight excluding hydrogens is 518 g/mol. The van der Waals surface area contributed by atoms with E-state index in [2.05, 4.69) is 77.7 Å². The van der Waals surface area contributed by atoms with Gasteiger partial charge >= 0.3 is 0 Å². The molecule has 0 spiro atoms. The average molecular weight is 562 g/mol. The van der Waals surface area contributed by atoms with Crippen LogP contribution in [0.15, 0.2) is 30.9 Å². The number of fused-ring (bicyclic) bond motifs is 2. The topological polar surface area (TPSA) is 125 Å². The Labute approximate surface area is 241 Å². The van der Waals surface area contributed by atoms with E-state index in [4.69, 9.17) is 9.72 Å². The lowest BCUT2D eigenvalue weighted by Gasteiger charge is -2.46. The summed E-state index contributed by atoms with van der Waals surface area (Å²) in [6.07, 6.45) is 4.04. The molecule has 4 heterocycles. The Hall–Kier alpha value is -2.92. The van der Waals surface area contributed by atoms with Gasteiger partial charge in [0.05, 0.1) is 23.1 Å². The summed E-state index contributed by atoms with van der Waals surface area (Å²) in [4.78, 5) is 23.8. The summed E-state index contributed by atoms with van der Waals surface area (Å²) in [5.41, 5.74) is 5.61. The second-order valence-corrected chi connectivity index (χ2v) is 13.3. The Morgan fingerprint density at radius 1 is 1.12 bits per heavy atom. The van der Waals surface area contributed by atoms with E-state index in [0.717, 1.165) is 48.2 Å². The van der Waals surface area contributed by atoms with Crippen molar-refractivity contribution in [3.63, 3.8) is 0 Å². The molecule has 1 aromatic carbocycles. The van der Waals surface area contributed by atoms with E-state index in [-0.39, 0.29) is 5.41 Å². The molecule has 0 amide bonds. The molecule has 1 saturated carbocycles. The van der Waals surface area contributed by atoms with Gasteiger partial charge in [0.1, 0.15) is 36.0 Å². The first-order valence-electron chi connectivity index (χ1n) is 14.9. The molecule has 0 unspecified atom stereocenters. The van der Waals surface area contributed by atoms with E-state index < -0.39 is 24.5 Å². The molecule has 3 aromatic heterocycles. The third kappa shape index (κ3) is 5.38. The van der Waals surface area contributed by atoms with E-state index in [1.807, 2.05) is 6.92 Å². The van der Waals surface area contributed by atoms with Gasteiger partial charge in [-0.25, -0.2) is 19.9 Å². The van der Waals surface area contributed by atoms with Gasteiger partial charge in [-0.3, -0.25) is 9.47 Å². The lowest BCUT2D eigenvalue weighted by atomic mass is 9.76. The highest BCUT2D eigenvalue weighted by molar-refractivity contribution is 5.76. The van der Waals surface area contributed by atoms with Crippen LogP contribution in [0.25, 0.3) is 22.2 Å². The molecule has 0 bridgehead atoms. The van der Waals surface area contributed by atoms with Crippen LogP contribution >= 0.6 is 0 Å². The summed E-state index contributed by atoms with van der Waals surface area (Å²) in [5.74, 6) is 1.71. The number of H-pyrrole nitrogens is 1. The van der Waals surface area contributed by atoms with Crippen LogP contribution in [-0.4, -0.2) is 81.5 Å². The number of imidazole rings is 2. The van der Waals surface area contributed by atoms with Crippen molar-refractivity contribution in [2.24, 2.45) is 5.92 Å². The molecule has 1 saturated heterocycles. The first-order valence-corrected chi connectivity index (χ1v) is 14.9. The fraction of sp³-hybridized carbons (Fsp3) is 0.613. The van der Waals surface area contributed by atoms with Crippen LogP contribution in [0, 0.1) is 12.8 Å². The van der Waals surface area contributed by atoms with E-state index in [0.29, 0.717) is 35.7 Å². The number of aliphatic hydroxyl groups is 2. The normalized spacial score (nSPS) is 27.0. The van der Waals surface area contributed by atoms with Gasteiger partial charge in [0.15, 0.2) is 11.9 Å². The van der Waals surface area contributed by atoms with E-state index in [9.17, 15) is 10.2 Å². The Kier molecular flexibility index (Phi) is 7.38. The minimum atomic E-state index is -1.07. The Balaban J connectivity index is 1.06. The molecule has 6 rings (SSSR count). The van der Waals surface area contributed by atoms with E-state index >= 15 is 0 Å². The summed E-state index contributed by atoms with van der Waals surface area (Å²) in [7, 11) is 0. The third-order valence-corrected chi connectivity index (χ3v) is 9.07. The van der Waals surface area contributed by atoms with Gasteiger partial charge in [-0.1, -0.05) is 26.8 Å². The van der Waals surface area contributed by atoms with Crippen molar-refractivity contribution in [2.75, 3.05) is 6.54 Å². The quantitative estimate of drug-likeness (QED) is 0.294. The van der Waals surface area contributed by atoms with Crippen molar-refractivity contribution in [1.82, 2.24) is 34.4 Å². The van der Waals surface area contributed by atoms with Gasteiger partial charge in [-0.15, -0.1) is 0 Å². The predicted molar refractivity (Wildman–Crippen MR) is 157 cm³/mol. The zero-order valence-corrected chi connectivity index (χ0v) is 24.9. The number of ether oxygens (including phenoxy) is 1. The van der Waals surface area contributed by atoms with Crippen LogP contribution in [-0.2, 0) is 16.6 Å². The van der Waals surface area contributed by atoms with Gasteiger partial charge in [0.2, 0.25) is 0 Å². The summed E-state index contributed by atoms with van der Waals surface area (Å²) in [6, 6.07) is 7.27. The van der Waals surface area contributed by atoms with Gasteiger partial charge in [-0.05, 0) is 69.1 Å². The van der Waals surface area contributed by atoms with Crippen LogP contribution < -0.4 is 0 Å². The highest BCUT2D eigenvalue weighted by Gasteiger charge is 2.46. The third-order valence-electron chi connectivity index (χ3n) is 9.07. The molecule has 0 radical (unpaired) electrons. The van der Waals surface area contributed by atoms with Gasteiger partial charge < -0.3 is 19.9 Å². The predicted octanol–water partition coefficient (Wildman–Crippen LogP) is 4.05. The van der Waals surface area contributed by atoms with E-state index in [1.165, 1.54) is 11.9 Å². The van der Waals surface area contributed by atoms with E-state index in [1.54, 1.807) is 10.9 Å². The molecule has 10 nitrogen and oxygen atoms in total. The maximum Gasteiger partial charge on any atom is 0.165 e. The molecule has 1 aliphatic carbocycles. The highest BCUT2D eigenvalue weighted by Crippen LogP contribution is 2.38. The molecule has 41 heavy (non-hydrogen) atoms. The first-order chi connectivity index (χ1) is 19.5. The Morgan fingerprint density at radius 3 is 2.63 bits per heavy atom. The molecule has 220 valence electrons.